The van der Waals surface area contributed by atoms with Crippen molar-refractivity contribution in [3.05, 3.63) is 35.9 Å². The third-order valence-corrected chi connectivity index (χ3v) is 3.41. The molecule has 1 aromatic carbocycles. The molecule has 0 aliphatic heterocycles. The predicted octanol–water partition coefficient (Wildman–Crippen LogP) is 3.09. The van der Waals surface area contributed by atoms with Crippen molar-refractivity contribution in [1.29, 1.82) is 5.26 Å². The van der Waals surface area contributed by atoms with Crippen LogP contribution in [0.15, 0.2) is 30.3 Å². The fourth-order valence-corrected chi connectivity index (χ4v) is 2.16. The van der Waals surface area contributed by atoms with Gasteiger partial charge >= 0.3 is 0 Å². The molecule has 0 saturated heterocycles. The molecular formula is C17H23FN2O2. The fourth-order valence-electron chi connectivity index (χ4n) is 2.16. The van der Waals surface area contributed by atoms with E-state index in [2.05, 4.69) is 5.32 Å². The number of nitrogens with one attached hydrogen (secondary N) is 1. The first kappa shape index (κ1) is 18.1. The summed E-state index contributed by atoms with van der Waals surface area (Å²) in [6.07, 6.45) is 2.67. The topological polar surface area (TPSA) is 62.1 Å². The van der Waals surface area contributed by atoms with Crippen molar-refractivity contribution in [2.24, 2.45) is 0 Å². The average Bonchev–Trinajstić information content (AvgIpc) is 2.54. The highest BCUT2D eigenvalue weighted by Crippen LogP contribution is 2.25. The van der Waals surface area contributed by atoms with Crippen LogP contribution in [0, 0.1) is 11.3 Å². The second-order valence-corrected chi connectivity index (χ2v) is 5.15. The number of ether oxygens (including phenoxy) is 1. The highest BCUT2D eigenvalue weighted by Gasteiger charge is 2.40. The summed E-state index contributed by atoms with van der Waals surface area (Å²) in [5.41, 5.74) is -2.58. The summed E-state index contributed by atoms with van der Waals surface area (Å²) in [7, 11) is 0. The van der Waals surface area contributed by atoms with Gasteiger partial charge in [-0.1, -0.05) is 30.3 Å². The number of hydrogen-bond donors (Lipinski definition) is 1. The maximum absolute atomic E-state index is 14.6. The summed E-state index contributed by atoms with van der Waals surface area (Å²) in [5.74, 6) is -0.904. The zero-order valence-corrected chi connectivity index (χ0v) is 13.1. The van der Waals surface area contributed by atoms with Crippen LogP contribution in [-0.4, -0.2) is 25.2 Å². The molecule has 22 heavy (non-hydrogen) atoms. The van der Waals surface area contributed by atoms with E-state index < -0.39 is 11.6 Å². The third-order valence-electron chi connectivity index (χ3n) is 3.41. The van der Waals surface area contributed by atoms with Gasteiger partial charge in [-0.3, -0.25) is 4.79 Å². The Balaban J connectivity index is 2.42. The van der Waals surface area contributed by atoms with Crippen molar-refractivity contribution in [3.63, 3.8) is 0 Å². The fraction of sp³-hybridized carbons (Fsp3) is 0.529. The second-order valence-electron chi connectivity index (χ2n) is 5.15. The van der Waals surface area contributed by atoms with E-state index in [-0.39, 0.29) is 11.7 Å². The summed E-state index contributed by atoms with van der Waals surface area (Å²) in [6.45, 7) is 4.97. The molecule has 0 saturated carbocycles. The normalized spacial score (nSPS) is 14.6. The Labute approximate surface area is 131 Å². The number of carbonyl (C=O) groups excluding carboxylic acids is 1. The molecular weight excluding hydrogens is 283 g/mol. The molecule has 1 aromatic rings. The first-order valence-electron chi connectivity index (χ1n) is 7.60. The van der Waals surface area contributed by atoms with Gasteiger partial charge in [-0.05, 0) is 33.1 Å². The van der Waals surface area contributed by atoms with Gasteiger partial charge in [0, 0.05) is 18.7 Å². The second kappa shape index (κ2) is 9.16. The molecule has 0 radical (unpaired) electrons. The van der Waals surface area contributed by atoms with Crippen LogP contribution in [0.4, 0.5) is 4.39 Å². The van der Waals surface area contributed by atoms with Gasteiger partial charge in [0.2, 0.25) is 0 Å². The molecule has 0 aromatic heterocycles. The van der Waals surface area contributed by atoms with Gasteiger partial charge in [0.05, 0.1) is 6.10 Å². The number of amides is 1. The standard InChI is InChI=1S/C17H23FN2O2/c1-3-22-14(2)9-7-8-12-20-16(21)17(18,13-19)15-10-5-4-6-11-15/h4-6,10-11,14H,3,7-9,12H2,1-2H3,(H,20,21)/t14?,17-/m1/s1. The van der Waals surface area contributed by atoms with Crippen LogP contribution in [0.5, 0.6) is 0 Å². The lowest BCUT2D eigenvalue weighted by atomic mass is 9.96. The Bertz CT molecular complexity index is 501. The molecule has 0 aliphatic rings. The van der Waals surface area contributed by atoms with Gasteiger partial charge in [0.15, 0.2) is 0 Å². The minimum absolute atomic E-state index is 0.0555. The highest BCUT2D eigenvalue weighted by molar-refractivity contribution is 5.89. The molecule has 4 nitrogen and oxygen atoms in total. The van der Waals surface area contributed by atoms with E-state index in [4.69, 9.17) is 10.00 Å². The Hall–Kier alpha value is -1.93. The van der Waals surface area contributed by atoms with Crippen molar-refractivity contribution in [3.8, 4) is 6.07 Å². The van der Waals surface area contributed by atoms with Gasteiger partial charge in [-0.15, -0.1) is 0 Å². The van der Waals surface area contributed by atoms with E-state index in [1.807, 2.05) is 13.8 Å². The lowest BCUT2D eigenvalue weighted by Crippen LogP contribution is -2.40. The van der Waals surface area contributed by atoms with E-state index in [0.717, 1.165) is 19.3 Å². The summed E-state index contributed by atoms with van der Waals surface area (Å²) < 4.78 is 20.0. The molecule has 0 fully saturated rings. The summed E-state index contributed by atoms with van der Waals surface area (Å²) in [6, 6.07) is 9.25. The number of nitriles is 1. The lowest BCUT2D eigenvalue weighted by Gasteiger charge is -2.17. The Kier molecular flexibility index (Phi) is 7.55. The van der Waals surface area contributed by atoms with Crippen molar-refractivity contribution < 1.29 is 13.9 Å². The van der Waals surface area contributed by atoms with Crippen LogP contribution in [-0.2, 0) is 15.2 Å². The minimum Gasteiger partial charge on any atom is -0.379 e. The molecule has 120 valence electrons. The van der Waals surface area contributed by atoms with Gasteiger partial charge in [0.1, 0.15) is 6.07 Å². The maximum Gasteiger partial charge on any atom is 0.298 e. The quantitative estimate of drug-likeness (QED) is 0.713. The van der Waals surface area contributed by atoms with Crippen LogP contribution < -0.4 is 5.32 Å². The van der Waals surface area contributed by atoms with Crippen molar-refractivity contribution >= 4 is 5.91 Å². The van der Waals surface area contributed by atoms with Crippen molar-refractivity contribution in [2.75, 3.05) is 13.2 Å². The number of alkyl halides is 1. The molecule has 0 aliphatic carbocycles. The number of hydrogen-bond acceptors (Lipinski definition) is 3. The molecule has 1 rings (SSSR count). The molecule has 1 amide bonds. The number of carbonyl (C=O) groups is 1. The molecule has 1 unspecified atom stereocenters. The highest BCUT2D eigenvalue weighted by atomic mass is 19.1. The third kappa shape index (κ3) is 5.12. The van der Waals surface area contributed by atoms with E-state index in [1.54, 1.807) is 18.2 Å². The van der Waals surface area contributed by atoms with Crippen molar-refractivity contribution in [2.45, 2.75) is 44.9 Å². The number of unbranched alkanes of at least 4 members (excludes halogenated alkanes) is 1. The molecule has 0 heterocycles. The molecule has 1 N–H and O–H groups in total. The Morgan fingerprint density at radius 1 is 1.41 bits per heavy atom. The van der Waals surface area contributed by atoms with Crippen molar-refractivity contribution in [1.82, 2.24) is 5.32 Å². The number of nitrogens with zero attached hydrogens (tertiary/aromatic N) is 1. The van der Waals surface area contributed by atoms with Gasteiger partial charge in [0.25, 0.3) is 11.6 Å². The zero-order valence-electron chi connectivity index (χ0n) is 13.1. The predicted molar refractivity (Wildman–Crippen MR) is 82.8 cm³/mol. The average molecular weight is 306 g/mol. The number of halogens is 1. The van der Waals surface area contributed by atoms with E-state index in [1.165, 1.54) is 18.2 Å². The summed E-state index contributed by atoms with van der Waals surface area (Å²) in [4.78, 5) is 12.0. The zero-order chi connectivity index (χ0) is 16.4. The smallest absolute Gasteiger partial charge is 0.298 e. The molecule has 5 heteroatoms. The van der Waals surface area contributed by atoms with E-state index in [9.17, 15) is 9.18 Å². The lowest BCUT2D eigenvalue weighted by molar-refractivity contribution is -0.130. The Morgan fingerprint density at radius 3 is 2.68 bits per heavy atom. The van der Waals surface area contributed by atoms with Gasteiger partial charge < -0.3 is 10.1 Å². The van der Waals surface area contributed by atoms with Crippen LogP contribution in [0.25, 0.3) is 0 Å². The summed E-state index contributed by atoms with van der Waals surface area (Å²) in [5, 5.41) is 11.5. The van der Waals surface area contributed by atoms with Crippen LogP contribution in [0.3, 0.4) is 0 Å². The van der Waals surface area contributed by atoms with Gasteiger partial charge in [-0.25, -0.2) is 4.39 Å². The van der Waals surface area contributed by atoms with E-state index in [0.29, 0.717) is 13.2 Å². The van der Waals surface area contributed by atoms with E-state index >= 15 is 0 Å². The molecule has 0 bridgehead atoms. The summed E-state index contributed by atoms with van der Waals surface area (Å²) >= 11 is 0. The maximum atomic E-state index is 14.6. The first-order valence-corrected chi connectivity index (χ1v) is 7.60. The number of rotatable bonds is 9. The first-order chi connectivity index (χ1) is 10.5. The largest absolute Gasteiger partial charge is 0.379 e. The van der Waals surface area contributed by atoms with Crippen LogP contribution >= 0.6 is 0 Å². The Morgan fingerprint density at radius 2 is 2.09 bits per heavy atom. The molecule has 2 atom stereocenters. The van der Waals surface area contributed by atoms with Crippen LogP contribution in [0.1, 0.15) is 38.7 Å². The van der Waals surface area contributed by atoms with Crippen LogP contribution in [0.2, 0.25) is 0 Å². The number of benzene rings is 1. The minimum atomic E-state index is -2.64. The molecule has 0 spiro atoms. The van der Waals surface area contributed by atoms with Gasteiger partial charge in [-0.2, -0.15) is 5.26 Å². The SMILES string of the molecule is CCOC(C)CCCCNC(=O)[C@@](F)(C#N)c1ccccc1. The monoisotopic (exact) mass is 306 g/mol.